The van der Waals surface area contributed by atoms with E-state index >= 15 is 0 Å². The van der Waals surface area contributed by atoms with Gasteiger partial charge in [-0.3, -0.25) is 4.79 Å². The summed E-state index contributed by atoms with van der Waals surface area (Å²) < 4.78 is 0. The number of halogens is 1. The first-order valence-corrected chi connectivity index (χ1v) is 6.62. The second kappa shape index (κ2) is 4.21. The Morgan fingerprint density at radius 1 is 1.53 bits per heavy atom. The van der Waals surface area contributed by atoms with Crippen LogP contribution in [0.15, 0.2) is 12.1 Å². The van der Waals surface area contributed by atoms with Crippen LogP contribution in [0.25, 0.3) is 11.0 Å². The second-order valence-electron chi connectivity index (χ2n) is 5.16. The third-order valence-electron chi connectivity index (χ3n) is 3.71. The molecule has 1 amide bonds. The Hall–Kier alpha value is -1.59. The number of H-pyrrole nitrogens is 1. The molecule has 1 aromatic carbocycles. The van der Waals surface area contributed by atoms with Gasteiger partial charge in [-0.15, -0.1) is 0 Å². The van der Waals surface area contributed by atoms with Gasteiger partial charge in [-0.25, -0.2) is 4.98 Å². The van der Waals surface area contributed by atoms with Crippen molar-refractivity contribution in [2.75, 3.05) is 6.54 Å². The van der Waals surface area contributed by atoms with Crippen molar-refractivity contribution in [3.8, 4) is 0 Å². The first kappa shape index (κ1) is 12.4. The number of amides is 1. The van der Waals surface area contributed by atoms with Crippen LogP contribution < -0.4 is 11.1 Å². The summed E-state index contributed by atoms with van der Waals surface area (Å²) in [6, 6.07) is 3.32. The van der Waals surface area contributed by atoms with Gasteiger partial charge in [0.2, 0.25) is 0 Å². The Labute approximate surface area is 115 Å². The van der Waals surface area contributed by atoms with E-state index in [1.165, 1.54) is 0 Å². The monoisotopic (exact) mass is 278 g/mol. The number of hydrogen-bond donors (Lipinski definition) is 3. The van der Waals surface area contributed by atoms with Crippen molar-refractivity contribution in [2.24, 2.45) is 5.73 Å². The highest BCUT2D eigenvalue weighted by Gasteiger charge is 2.33. The number of fused-ring (bicyclic) bond motifs is 1. The fourth-order valence-electron chi connectivity index (χ4n) is 2.63. The Bertz CT molecular complexity index is 658. The normalized spacial score (nSPS) is 23.1. The third-order valence-corrected chi connectivity index (χ3v) is 3.93. The SMILES string of the molecule is C[C@]1(c2nc3c(C(N)=O)cc(Cl)cc3[nH]2)CCCN1. The van der Waals surface area contributed by atoms with Gasteiger partial charge in [0, 0.05) is 5.02 Å². The van der Waals surface area contributed by atoms with Crippen molar-refractivity contribution < 1.29 is 4.79 Å². The average Bonchev–Trinajstić information content (AvgIpc) is 2.94. The van der Waals surface area contributed by atoms with Gasteiger partial charge in [0.25, 0.3) is 5.91 Å². The van der Waals surface area contributed by atoms with Crippen molar-refractivity contribution in [3.63, 3.8) is 0 Å². The Morgan fingerprint density at radius 3 is 2.95 bits per heavy atom. The molecular formula is C13H15ClN4O. The van der Waals surface area contributed by atoms with E-state index in [-0.39, 0.29) is 5.54 Å². The maximum atomic E-state index is 11.5. The van der Waals surface area contributed by atoms with E-state index in [9.17, 15) is 4.79 Å². The lowest BCUT2D eigenvalue weighted by Crippen LogP contribution is -2.34. The summed E-state index contributed by atoms with van der Waals surface area (Å²) in [6.07, 6.45) is 2.11. The number of hydrogen-bond acceptors (Lipinski definition) is 3. The molecule has 1 aliphatic rings. The molecule has 1 aliphatic heterocycles. The zero-order valence-corrected chi connectivity index (χ0v) is 11.3. The maximum absolute atomic E-state index is 11.5. The molecule has 0 spiro atoms. The van der Waals surface area contributed by atoms with Crippen LogP contribution in [0, 0.1) is 0 Å². The molecule has 0 radical (unpaired) electrons. The van der Waals surface area contributed by atoms with Gasteiger partial charge in [0.1, 0.15) is 11.3 Å². The highest BCUT2D eigenvalue weighted by molar-refractivity contribution is 6.32. The molecule has 100 valence electrons. The van der Waals surface area contributed by atoms with Crippen LogP contribution in [0.5, 0.6) is 0 Å². The quantitative estimate of drug-likeness (QED) is 0.785. The zero-order valence-electron chi connectivity index (χ0n) is 10.6. The van der Waals surface area contributed by atoms with E-state index in [0.717, 1.165) is 30.7 Å². The van der Waals surface area contributed by atoms with E-state index in [1.807, 2.05) is 0 Å². The summed E-state index contributed by atoms with van der Waals surface area (Å²) >= 11 is 6.00. The smallest absolute Gasteiger partial charge is 0.251 e. The fourth-order valence-corrected chi connectivity index (χ4v) is 2.85. The van der Waals surface area contributed by atoms with Crippen LogP contribution in [0.3, 0.4) is 0 Å². The highest BCUT2D eigenvalue weighted by atomic mass is 35.5. The number of primary amides is 1. The first-order chi connectivity index (χ1) is 8.99. The first-order valence-electron chi connectivity index (χ1n) is 6.24. The molecule has 0 bridgehead atoms. The van der Waals surface area contributed by atoms with E-state index in [2.05, 4.69) is 22.2 Å². The number of nitrogens with two attached hydrogens (primary N) is 1. The third kappa shape index (κ3) is 1.99. The van der Waals surface area contributed by atoms with Gasteiger partial charge in [-0.1, -0.05) is 11.6 Å². The van der Waals surface area contributed by atoms with Gasteiger partial charge in [0.15, 0.2) is 0 Å². The molecule has 1 saturated heterocycles. The van der Waals surface area contributed by atoms with E-state index in [1.54, 1.807) is 12.1 Å². The summed E-state index contributed by atoms with van der Waals surface area (Å²) in [5, 5.41) is 3.90. The van der Waals surface area contributed by atoms with Gasteiger partial charge < -0.3 is 16.0 Å². The van der Waals surface area contributed by atoms with Crippen molar-refractivity contribution in [3.05, 3.63) is 28.5 Å². The average molecular weight is 279 g/mol. The summed E-state index contributed by atoms with van der Waals surface area (Å²) in [5.41, 5.74) is 6.88. The van der Waals surface area contributed by atoms with Gasteiger partial charge in [-0.05, 0) is 38.4 Å². The van der Waals surface area contributed by atoms with Crippen LogP contribution in [0.2, 0.25) is 5.02 Å². The zero-order chi connectivity index (χ0) is 13.6. The predicted molar refractivity (Wildman–Crippen MR) is 74.2 cm³/mol. The van der Waals surface area contributed by atoms with Crippen LogP contribution in [-0.2, 0) is 5.54 Å². The lowest BCUT2D eigenvalue weighted by Gasteiger charge is -2.21. The minimum atomic E-state index is -0.518. The second-order valence-corrected chi connectivity index (χ2v) is 5.60. The van der Waals surface area contributed by atoms with Crippen molar-refractivity contribution in [1.29, 1.82) is 0 Å². The van der Waals surface area contributed by atoms with Crippen LogP contribution >= 0.6 is 11.6 Å². The van der Waals surface area contributed by atoms with Gasteiger partial charge >= 0.3 is 0 Å². The molecule has 1 atom stereocenters. The molecular weight excluding hydrogens is 264 g/mol. The minimum absolute atomic E-state index is 0.180. The van der Waals surface area contributed by atoms with E-state index in [4.69, 9.17) is 17.3 Å². The molecule has 2 aromatic rings. The topological polar surface area (TPSA) is 83.8 Å². The van der Waals surface area contributed by atoms with Crippen LogP contribution in [0.4, 0.5) is 0 Å². The Kier molecular flexibility index (Phi) is 2.76. The van der Waals surface area contributed by atoms with E-state index in [0.29, 0.717) is 16.1 Å². The molecule has 0 aliphatic carbocycles. The van der Waals surface area contributed by atoms with Crippen LogP contribution in [0.1, 0.15) is 35.9 Å². The van der Waals surface area contributed by atoms with Gasteiger partial charge in [0.05, 0.1) is 16.6 Å². The number of carbonyl (C=O) groups is 1. The number of aromatic nitrogens is 2. The predicted octanol–water partition coefficient (Wildman–Crippen LogP) is 1.91. The van der Waals surface area contributed by atoms with E-state index < -0.39 is 5.91 Å². The summed E-state index contributed by atoms with van der Waals surface area (Å²) in [7, 11) is 0. The molecule has 1 aromatic heterocycles. The van der Waals surface area contributed by atoms with Crippen molar-refractivity contribution in [1.82, 2.24) is 15.3 Å². The summed E-state index contributed by atoms with van der Waals surface area (Å²) in [4.78, 5) is 19.3. The summed E-state index contributed by atoms with van der Waals surface area (Å²) in [5.74, 6) is 0.305. The molecule has 19 heavy (non-hydrogen) atoms. The lowest BCUT2D eigenvalue weighted by atomic mass is 10.00. The molecule has 1 fully saturated rings. The van der Waals surface area contributed by atoms with Crippen molar-refractivity contribution in [2.45, 2.75) is 25.3 Å². The Morgan fingerprint density at radius 2 is 2.32 bits per heavy atom. The number of imidazole rings is 1. The molecule has 6 heteroatoms. The number of carbonyl (C=O) groups excluding carboxylic acids is 1. The maximum Gasteiger partial charge on any atom is 0.251 e. The number of nitrogens with zero attached hydrogens (tertiary/aromatic N) is 1. The number of benzene rings is 1. The van der Waals surface area contributed by atoms with Gasteiger partial charge in [-0.2, -0.15) is 0 Å². The Balaban J connectivity index is 2.20. The molecule has 3 rings (SSSR count). The van der Waals surface area contributed by atoms with Crippen molar-refractivity contribution >= 4 is 28.5 Å². The standard InChI is InChI=1S/C13H15ClN4O/c1-13(3-2-4-16-13)12-17-9-6-7(14)5-8(11(15)19)10(9)18-12/h5-6,16H,2-4H2,1H3,(H2,15,19)(H,17,18)/t13-/m1/s1. The largest absolute Gasteiger partial charge is 0.366 e. The molecule has 2 heterocycles. The number of aromatic amines is 1. The van der Waals surface area contributed by atoms with Crippen LogP contribution in [-0.4, -0.2) is 22.4 Å². The molecule has 4 N–H and O–H groups in total. The molecule has 0 saturated carbocycles. The summed E-state index contributed by atoms with van der Waals surface area (Å²) in [6.45, 7) is 3.07. The number of rotatable bonds is 2. The number of nitrogens with one attached hydrogen (secondary N) is 2. The highest BCUT2D eigenvalue weighted by Crippen LogP contribution is 2.31. The molecule has 0 unspecified atom stereocenters. The lowest BCUT2D eigenvalue weighted by molar-refractivity contribution is 0.100. The minimum Gasteiger partial charge on any atom is -0.366 e. The molecule has 5 nitrogen and oxygen atoms in total. The fraction of sp³-hybridized carbons (Fsp3) is 0.385.